The smallest absolute Gasteiger partial charge is 0.151 e. The van der Waals surface area contributed by atoms with Gasteiger partial charge < -0.3 is 0 Å². The van der Waals surface area contributed by atoms with Crippen LogP contribution >= 0.6 is 0 Å². The fraction of sp³-hybridized carbons (Fsp3) is 0. The van der Waals surface area contributed by atoms with E-state index in [1.165, 1.54) is 32.3 Å². The average molecular weight is 386 g/mol. The van der Waals surface area contributed by atoms with Crippen LogP contribution in [0.3, 0.4) is 0 Å². The Kier molecular flexibility index (Phi) is 5.23. The first-order valence-electron chi connectivity index (χ1n) is 9.75. The van der Waals surface area contributed by atoms with Crippen LogP contribution in [-0.2, 0) is 0 Å². The Bertz CT molecular complexity index is 1380. The normalized spacial score (nSPS) is 10.5. The molecule has 2 nitrogen and oxygen atoms in total. The van der Waals surface area contributed by atoms with E-state index in [9.17, 15) is 0 Å². The lowest BCUT2D eigenvalue weighted by atomic mass is 9.92. The molecular weight excluding hydrogens is 364 g/mol. The number of hydrogen-bond donors (Lipinski definition) is 1. The van der Waals surface area contributed by atoms with Crippen molar-refractivity contribution in [2.75, 3.05) is 0 Å². The molecule has 5 rings (SSSR count). The van der Waals surface area contributed by atoms with Crippen molar-refractivity contribution in [2.45, 2.75) is 0 Å². The molecule has 0 heterocycles. The average Bonchev–Trinajstić information content (AvgIpc) is 2.84. The number of rotatable bonds is 2. The van der Waals surface area contributed by atoms with Crippen molar-refractivity contribution in [1.29, 1.82) is 5.41 Å². The van der Waals surface area contributed by atoms with E-state index in [1.54, 1.807) is 0 Å². The van der Waals surface area contributed by atoms with Crippen molar-refractivity contribution < 1.29 is 0 Å². The maximum absolute atomic E-state index is 7.94. The summed E-state index contributed by atoms with van der Waals surface area (Å²) in [6, 6.07) is 31.7. The summed E-state index contributed by atoms with van der Waals surface area (Å²) in [7, 11) is 0. The Labute approximate surface area is 176 Å². The first-order chi connectivity index (χ1) is 14.8. The second kappa shape index (κ2) is 8.14. The number of hydrogen-bond acceptors (Lipinski definition) is 1. The first kappa shape index (κ1) is 19.3. The monoisotopic (exact) mass is 386 g/mol. The van der Waals surface area contributed by atoms with Crippen molar-refractivity contribution in [3.05, 3.63) is 110 Å². The van der Waals surface area contributed by atoms with Crippen LogP contribution in [0.15, 0.2) is 109 Å². The molecule has 1 N–H and O–H groups in total. The highest BCUT2D eigenvalue weighted by Gasteiger charge is 2.10. The molecule has 5 aromatic rings. The zero-order valence-corrected chi connectivity index (χ0v) is 16.7. The highest BCUT2D eigenvalue weighted by Crippen LogP contribution is 2.37. The Hall–Kier alpha value is -4.04. The van der Waals surface area contributed by atoms with E-state index >= 15 is 0 Å². The van der Waals surface area contributed by atoms with Gasteiger partial charge in [-0.25, -0.2) is 4.99 Å². The Morgan fingerprint density at radius 3 is 1.63 bits per heavy atom. The molecule has 0 aliphatic carbocycles. The van der Waals surface area contributed by atoms with Crippen molar-refractivity contribution in [3.8, 4) is 11.1 Å². The van der Waals surface area contributed by atoms with Crippen LogP contribution in [0, 0.1) is 5.41 Å². The molecule has 0 aromatic heterocycles. The Morgan fingerprint density at radius 2 is 1.07 bits per heavy atom. The summed E-state index contributed by atoms with van der Waals surface area (Å²) >= 11 is 0. The Morgan fingerprint density at radius 1 is 0.567 bits per heavy atom. The van der Waals surface area contributed by atoms with Gasteiger partial charge in [0.2, 0.25) is 0 Å². The minimum Gasteiger partial charge on any atom is -0.282 e. The molecule has 0 amide bonds. The third-order valence-corrected chi connectivity index (χ3v) is 5.37. The van der Waals surface area contributed by atoms with Gasteiger partial charge in [0.15, 0.2) is 5.84 Å². The molecule has 30 heavy (non-hydrogen) atoms. The van der Waals surface area contributed by atoms with Gasteiger partial charge in [0.05, 0.1) is 0 Å². The summed E-state index contributed by atoms with van der Waals surface area (Å²) in [6.45, 7) is 9.47. The molecule has 0 radical (unpaired) electrons. The summed E-state index contributed by atoms with van der Waals surface area (Å²) in [4.78, 5) is 3.75. The minimum atomic E-state index is 0.194. The standard InChI is InChI=1S/C26H18N2.C2H4/c1-28-26(27)19-8-6-7-17(15-19)18-13-14-24-22-11-3-2-9-20(22)21-10-4-5-12-23(21)25(24)16-18;1-2/h2-16,27H,1H2;1-2H2. The van der Waals surface area contributed by atoms with Crippen molar-refractivity contribution in [2.24, 2.45) is 4.99 Å². The van der Waals surface area contributed by atoms with E-state index in [4.69, 9.17) is 5.41 Å². The fourth-order valence-corrected chi connectivity index (χ4v) is 4.02. The summed E-state index contributed by atoms with van der Waals surface area (Å²) in [5.74, 6) is 0.194. The molecule has 2 heteroatoms. The molecule has 0 spiro atoms. The molecule has 0 fully saturated rings. The second-order valence-electron chi connectivity index (χ2n) is 6.94. The maximum Gasteiger partial charge on any atom is 0.151 e. The molecule has 0 aliphatic rings. The van der Waals surface area contributed by atoms with Gasteiger partial charge in [-0.3, -0.25) is 5.41 Å². The molecule has 0 atom stereocenters. The fourth-order valence-electron chi connectivity index (χ4n) is 4.02. The van der Waals surface area contributed by atoms with Gasteiger partial charge in [0, 0.05) is 5.56 Å². The number of aliphatic imine (C=N–C) groups is 1. The lowest BCUT2D eigenvalue weighted by Gasteiger charge is -2.12. The molecule has 0 saturated carbocycles. The SMILES string of the molecule is C=C.C=NC(=N)c1cccc(-c2ccc3c4ccccc4c4ccccc4c3c2)c1. The lowest BCUT2D eigenvalue weighted by molar-refractivity contribution is 1.43. The predicted octanol–water partition coefficient (Wildman–Crippen LogP) is 7.64. The van der Waals surface area contributed by atoms with Gasteiger partial charge in [-0.1, -0.05) is 78.9 Å². The number of nitrogens with one attached hydrogen (secondary N) is 1. The lowest BCUT2D eigenvalue weighted by Crippen LogP contribution is -1.94. The van der Waals surface area contributed by atoms with Gasteiger partial charge in [-0.2, -0.15) is 0 Å². The second-order valence-corrected chi connectivity index (χ2v) is 6.94. The topological polar surface area (TPSA) is 36.2 Å². The van der Waals surface area contributed by atoms with Gasteiger partial charge in [0.25, 0.3) is 0 Å². The molecular formula is C28H22N2. The van der Waals surface area contributed by atoms with Gasteiger partial charge in [-0.15, -0.1) is 13.2 Å². The molecule has 144 valence electrons. The summed E-state index contributed by atoms with van der Waals surface area (Å²) in [5, 5.41) is 15.5. The number of nitrogens with zero attached hydrogens (tertiary/aromatic N) is 1. The molecule has 5 aromatic carbocycles. The van der Waals surface area contributed by atoms with Crippen molar-refractivity contribution in [1.82, 2.24) is 0 Å². The minimum absolute atomic E-state index is 0.194. The highest BCUT2D eigenvalue weighted by molar-refractivity contribution is 6.25. The van der Waals surface area contributed by atoms with Gasteiger partial charge >= 0.3 is 0 Å². The van der Waals surface area contributed by atoms with E-state index in [0.29, 0.717) is 0 Å². The zero-order valence-electron chi connectivity index (χ0n) is 16.7. The van der Waals surface area contributed by atoms with Crippen LogP contribution in [0.2, 0.25) is 0 Å². The quantitative estimate of drug-likeness (QED) is 0.140. The number of amidine groups is 1. The Balaban J connectivity index is 0.00000106. The zero-order chi connectivity index (χ0) is 21.1. The third-order valence-electron chi connectivity index (χ3n) is 5.37. The first-order valence-corrected chi connectivity index (χ1v) is 9.75. The van der Waals surface area contributed by atoms with Crippen LogP contribution in [0.5, 0.6) is 0 Å². The number of benzene rings is 5. The van der Waals surface area contributed by atoms with E-state index in [2.05, 4.69) is 97.7 Å². The van der Waals surface area contributed by atoms with E-state index < -0.39 is 0 Å². The summed E-state index contributed by atoms with van der Waals surface area (Å²) in [5.41, 5.74) is 2.98. The van der Waals surface area contributed by atoms with E-state index in [-0.39, 0.29) is 5.84 Å². The molecule has 0 saturated heterocycles. The van der Waals surface area contributed by atoms with E-state index in [1.807, 2.05) is 18.2 Å². The van der Waals surface area contributed by atoms with Crippen LogP contribution in [0.4, 0.5) is 0 Å². The third kappa shape index (κ3) is 3.19. The van der Waals surface area contributed by atoms with Gasteiger partial charge in [0.1, 0.15) is 0 Å². The number of fused-ring (bicyclic) bond motifs is 6. The van der Waals surface area contributed by atoms with Crippen molar-refractivity contribution in [3.63, 3.8) is 0 Å². The van der Waals surface area contributed by atoms with Crippen LogP contribution in [0.1, 0.15) is 5.56 Å². The predicted molar refractivity (Wildman–Crippen MR) is 132 cm³/mol. The highest BCUT2D eigenvalue weighted by atomic mass is 14.8. The molecule has 0 aliphatic heterocycles. The molecule has 0 bridgehead atoms. The largest absolute Gasteiger partial charge is 0.282 e. The van der Waals surface area contributed by atoms with Crippen molar-refractivity contribution >= 4 is 44.9 Å². The van der Waals surface area contributed by atoms with Crippen LogP contribution < -0.4 is 0 Å². The molecule has 0 unspecified atom stereocenters. The van der Waals surface area contributed by atoms with Crippen LogP contribution in [-0.4, -0.2) is 12.6 Å². The van der Waals surface area contributed by atoms with E-state index in [0.717, 1.165) is 16.7 Å². The van der Waals surface area contributed by atoms with Crippen LogP contribution in [0.25, 0.3) is 43.4 Å². The van der Waals surface area contributed by atoms with Gasteiger partial charge in [-0.05, 0) is 62.3 Å². The summed E-state index contributed by atoms with van der Waals surface area (Å²) < 4.78 is 0. The maximum atomic E-state index is 7.94. The summed E-state index contributed by atoms with van der Waals surface area (Å²) in [6.07, 6.45) is 0.